The van der Waals surface area contributed by atoms with Gasteiger partial charge in [-0.2, -0.15) is 0 Å². The van der Waals surface area contributed by atoms with Crippen molar-refractivity contribution in [2.75, 3.05) is 19.8 Å². The summed E-state index contributed by atoms with van der Waals surface area (Å²) >= 11 is 0. The topological polar surface area (TPSA) is 66.5 Å². The fourth-order valence-corrected chi connectivity index (χ4v) is 5.38. The molecule has 0 N–H and O–H groups in total. The zero-order valence-corrected chi connectivity index (χ0v) is 21.6. The molecule has 0 aromatic rings. The van der Waals surface area contributed by atoms with Crippen LogP contribution in [0.25, 0.3) is 0 Å². The van der Waals surface area contributed by atoms with Crippen molar-refractivity contribution in [3.05, 3.63) is 24.3 Å². The summed E-state index contributed by atoms with van der Waals surface area (Å²) in [5.41, 5.74) is 0. The van der Waals surface area contributed by atoms with E-state index in [2.05, 4.69) is 31.2 Å². The molecule has 198 valence electrons. The highest BCUT2D eigenvalue weighted by Gasteiger charge is 2.42. The SMILES string of the molecule is CCCCCC(C=CC1C(OC2CCCCO2)CC(=O)C1C=CCCC1CO1)OC1CCCCO1. The lowest BCUT2D eigenvalue weighted by atomic mass is 9.92. The van der Waals surface area contributed by atoms with Gasteiger partial charge in [-0.1, -0.05) is 50.5 Å². The minimum Gasteiger partial charge on any atom is -0.373 e. The second-order valence-corrected chi connectivity index (χ2v) is 10.6. The van der Waals surface area contributed by atoms with E-state index in [0.29, 0.717) is 12.5 Å². The van der Waals surface area contributed by atoms with Gasteiger partial charge in [-0.3, -0.25) is 4.79 Å². The number of ether oxygens (including phenoxy) is 5. The maximum atomic E-state index is 13.1. The lowest BCUT2D eigenvalue weighted by Gasteiger charge is -2.29. The van der Waals surface area contributed by atoms with Crippen molar-refractivity contribution >= 4 is 5.78 Å². The molecule has 7 unspecified atom stereocenters. The standard InChI is InChI=1S/C29H46O6/c1-2-3-4-11-22(34-28-14-7-9-18-31-28)16-17-25-24(13-6-5-12-23-21-33-23)26(30)20-27(25)35-29-15-8-10-19-32-29/h6,13,16-17,22-25,27-29H,2-5,7-12,14-15,18-21H2,1H3. The Hall–Kier alpha value is -1.05. The number of carbonyl (C=O) groups excluding carboxylic acids is 1. The number of rotatable bonds is 14. The van der Waals surface area contributed by atoms with E-state index in [1.165, 1.54) is 12.8 Å². The predicted molar refractivity (Wildman–Crippen MR) is 135 cm³/mol. The number of epoxide rings is 1. The fourth-order valence-electron chi connectivity index (χ4n) is 5.38. The van der Waals surface area contributed by atoms with Gasteiger partial charge in [-0.25, -0.2) is 0 Å². The first kappa shape index (κ1) is 27.0. The van der Waals surface area contributed by atoms with Gasteiger partial charge in [-0.15, -0.1) is 0 Å². The van der Waals surface area contributed by atoms with Gasteiger partial charge < -0.3 is 23.7 Å². The first-order valence-electron chi connectivity index (χ1n) is 14.3. The molecule has 4 rings (SSSR count). The molecule has 6 heteroatoms. The molecule has 0 aromatic carbocycles. The van der Waals surface area contributed by atoms with E-state index in [1.807, 2.05) is 0 Å². The quantitative estimate of drug-likeness (QED) is 0.172. The molecule has 3 aliphatic heterocycles. The number of ketones is 1. The van der Waals surface area contributed by atoms with Gasteiger partial charge in [0, 0.05) is 31.5 Å². The molecule has 3 saturated heterocycles. The smallest absolute Gasteiger partial charge is 0.158 e. The van der Waals surface area contributed by atoms with Crippen LogP contribution >= 0.6 is 0 Å². The van der Waals surface area contributed by atoms with Crippen molar-refractivity contribution in [1.29, 1.82) is 0 Å². The van der Waals surface area contributed by atoms with Crippen LogP contribution in [0.4, 0.5) is 0 Å². The van der Waals surface area contributed by atoms with Crippen LogP contribution in [0.15, 0.2) is 24.3 Å². The summed E-state index contributed by atoms with van der Waals surface area (Å²) < 4.78 is 29.8. The molecule has 4 aliphatic rings. The Labute approximate surface area is 211 Å². The third-order valence-corrected chi connectivity index (χ3v) is 7.59. The van der Waals surface area contributed by atoms with Crippen molar-refractivity contribution in [2.45, 2.75) is 121 Å². The molecule has 7 atom stereocenters. The minimum absolute atomic E-state index is 0.00331. The van der Waals surface area contributed by atoms with Gasteiger partial charge in [0.1, 0.15) is 5.78 Å². The van der Waals surface area contributed by atoms with E-state index in [-0.39, 0.29) is 42.4 Å². The molecular formula is C29H46O6. The summed E-state index contributed by atoms with van der Waals surface area (Å²) in [6.07, 6.45) is 21.9. The molecule has 1 aliphatic carbocycles. The van der Waals surface area contributed by atoms with Crippen LogP contribution in [0.5, 0.6) is 0 Å². The van der Waals surface area contributed by atoms with Crippen molar-refractivity contribution in [3.63, 3.8) is 0 Å². The van der Waals surface area contributed by atoms with Crippen LogP contribution in [0.2, 0.25) is 0 Å². The maximum absolute atomic E-state index is 13.1. The molecule has 0 bridgehead atoms. The van der Waals surface area contributed by atoms with Gasteiger partial charge >= 0.3 is 0 Å². The Morgan fingerprint density at radius 1 is 1.00 bits per heavy atom. The highest BCUT2D eigenvalue weighted by atomic mass is 16.7. The van der Waals surface area contributed by atoms with E-state index >= 15 is 0 Å². The number of carbonyl (C=O) groups is 1. The van der Waals surface area contributed by atoms with E-state index in [4.69, 9.17) is 23.7 Å². The van der Waals surface area contributed by atoms with Crippen molar-refractivity contribution < 1.29 is 28.5 Å². The molecule has 4 fully saturated rings. The number of Topliss-reactive ketones (excluding diaryl/α,β-unsaturated/α-hetero) is 1. The zero-order valence-electron chi connectivity index (χ0n) is 21.6. The molecule has 3 heterocycles. The van der Waals surface area contributed by atoms with Gasteiger partial charge in [0.15, 0.2) is 12.6 Å². The number of unbranched alkanes of at least 4 members (excludes halogenated alkanes) is 2. The Balaban J connectivity index is 1.43. The summed E-state index contributed by atoms with van der Waals surface area (Å²) in [7, 11) is 0. The molecule has 0 radical (unpaired) electrons. The van der Waals surface area contributed by atoms with Crippen LogP contribution in [0.3, 0.4) is 0 Å². The normalized spacial score (nSPS) is 34.7. The third-order valence-electron chi connectivity index (χ3n) is 7.59. The van der Waals surface area contributed by atoms with E-state index in [1.54, 1.807) is 0 Å². The van der Waals surface area contributed by atoms with Crippen LogP contribution in [0.1, 0.15) is 90.4 Å². The second kappa shape index (κ2) is 14.6. The number of hydrogen-bond donors (Lipinski definition) is 0. The van der Waals surface area contributed by atoms with Gasteiger partial charge in [0.05, 0.1) is 24.9 Å². The summed E-state index contributed by atoms with van der Waals surface area (Å²) in [4.78, 5) is 13.1. The predicted octanol–water partition coefficient (Wildman–Crippen LogP) is 5.89. The Bertz CT molecular complexity index is 675. The summed E-state index contributed by atoms with van der Waals surface area (Å²) in [5, 5.41) is 0. The highest BCUT2D eigenvalue weighted by molar-refractivity contribution is 5.86. The summed E-state index contributed by atoms with van der Waals surface area (Å²) in [5.74, 6) is 0.117. The van der Waals surface area contributed by atoms with Crippen molar-refractivity contribution in [1.82, 2.24) is 0 Å². The fraction of sp³-hybridized carbons (Fsp3) is 0.828. The van der Waals surface area contributed by atoms with Crippen LogP contribution in [0, 0.1) is 11.8 Å². The van der Waals surface area contributed by atoms with Crippen molar-refractivity contribution in [3.8, 4) is 0 Å². The van der Waals surface area contributed by atoms with E-state index < -0.39 is 0 Å². The van der Waals surface area contributed by atoms with E-state index in [9.17, 15) is 4.79 Å². The second-order valence-electron chi connectivity index (χ2n) is 10.6. The average Bonchev–Trinajstić information content (AvgIpc) is 3.66. The lowest BCUT2D eigenvalue weighted by Crippen LogP contribution is -2.31. The van der Waals surface area contributed by atoms with Crippen molar-refractivity contribution in [2.24, 2.45) is 11.8 Å². The van der Waals surface area contributed by atoms with Gasteiger partial charge in [-0.05, 0) is 57.8 Å². The number of allylic oxidation sites excluding steroid dienone is 2. The van der Waals surface area contributed by atoms with Crippen LogP contribution < -0.4 is 0 Å². The minimum atomic E-state index is -0.195. The molecule has 0 aromatic heterocycles. The molecule has 0 amide bonds. The van der Waals surface area contributed by atoms with E-state index in [0.717, 1.165) is 84.0 Å². The van der Waals surface area contributed by atoms with Gasteiger partial charge in [0.2, 0.25) is 0 Å². The molecule has 35 heavy (non-hydrogen) atoms. The molecule has 1 saturated carbocycles. The van der Waals surface area contributed by atoms with Crippen LogP contribution in [-0.2, 0) is 28.5 Å². The first-order valence-corrected chi connectivity index (χ1v) is 14.3. The average molecular weight is 491 g/mol. The molecule has 6 nitrogen and oxygen atoms in total. The zero-order chi connectivity index (χ0) is 24.3. The Kier molecular flexibility index (Phi) is 11.3. The summed E-state index contributed by atoms with van der Waals surface area (Å²) in [6, 6.07) is 0. The monoisotopic (exact) mass is 490 g/mol. The highest BCUT2D eigenvalue weighted by Crippen LogP contribution is 2.36. The Morgan fingerprint density at radius 3 is 2.46 bits per heavy atom. The largest absolute Gasteiger partial charge is 0.373 e. The lowest BCUT2D eigenvalue weighted by molar-refractivity contribution is -0.192. The third kappa shape index (κ3) is 9.08. The maximum Gasteiger partial charge on any atom is 0.158 e. The summed E-state index contributed by atoms with van der Waals surface area (Å²) in [6.45, 7) is 4.63. The Morgan fingerprint density at radius 2 is 1.77 bits per heavy atom. The first-order chi connectivity index (χ1) is 17.2. The van der Waals surface area contributed by atoms with Crippen LogP contribution in [-0.4, -0.2) is 56.5 Å². The molecule has 0 spiro atoms. The van der Waals surface area contributed by atoms with Gasteiger partial charge in [0.25, 0.3) is 0 Å². The number of hydrogen-bond acceptors (Lipinski definition) is 6. The molecular weight excluding hydrogens is 444 g/mol.